The second-order valence-electron chi connectivity index (χ2n) is 5.48. The maximum absolute atomic E-state index is 12.3. The summed E-state index contributed by atoms with van der Waals surface area (Å²) in [6.45, 7) is -1.96. The molecular weight excluding hydrogens is 356 g/mol. The minimum Gasteiger partial charge on any atom is -0.497 e. The molecule has 0 aliphatic carbocycles. The zero-order valence-corrected chi connectivity index (χ0v) is 15.5. The smallest absolute Gasteiger partial charge is 0.387 e. The zero-order valence-electron chi connectivity index (χ0n) is 15.5. The lowest BCUT2D eigenvalue weighted by Crippen LogP contribution is -2.36. The van der Waals surface area contributed by atoms with Crippen LogP contribution in [0.15, 0.2) is 47.5 Å². The van der Waals surface area contributed by atoms with E-state index in [9.17, 15) is 8.78 Å². The predicted molar refractivity (Wildman–Crippen MR) is 99.7 cm³/mol. The summed E-state index contributed by atoms with van der Waals surface area (Å²) in [5.74, 6) is 2.10. The molecule has 0 amide bonds. The number of nitrogens with one attached hydrogen (secondary N) is 2. The number of guanidine groups is 1. The average Bonchev–Trinajstić information content (AvgIpc) is 2.67. The van der Waals surface area contributed by atoms with Gasteiger partial charge in [-0.15, -0.1) is 0 Å². The van der Waals surface area contributed by atoms with Crippen LogP contribution in [-0.2, 0) is 13.1 Å². The van der Waals surface area contributed by atoms with E-state index in [2.05, 4.69) is 20.4 Å². The Hall–Kier alpha value is -3.03. The van der Waals surface area contributed by atoms with Gasteiger partial charge in [-0.05, 0) is 29.8 Å². The molecule has 0 atom stereocenters. The molecule has 146 valence electrons. The fourth-order valence-corrected chi connectivity index (χ4v) is 2.41. The monoisotopic (exact) mass is 379 g/mol. The molecule has 0 heterocycles. The highest BCUT2D eigenvalue weighted by molar-refractivity contribution is 5.79. The Morgan fingerprint density at radius 1 is 1.00 bits per heavy atom. The number of hydrogen-bond donors (Lipinski definition) is 2. The highest BCUT2D eigenvalue weighted by atomic mass is 19.3. The van der Waals surface area contributed by atoms with Crippen molar-refractivity contribution in [2.75, 3.05) is 21.3 Å². The predicted octanol–water partition coefficient (Wildman–Crippen LogP) is 3.17. The molecule has 8 heteroatoms. The van der Waals surface area contributed by atoms with Gasteiger partial charge in [0.25, 0.3) is 0 Å². The largest absolute Gasteiger partial charge is 0.497 e. The highest BCUT2D eigenvalue weighted by Crippen LogP contribution is 2.24. The third kappa shape index (κ3) is 6.32. The van der Waals surface area contributed by atoms with Gasteiger partial charge >= 0.3 is 6.61 Å². The normalized spacial score (nSPS) is 11.3. The average molecular weight is 379 g/mol. The third-order valence-corrected chi connectivity index (χ3v) is 3.75. The molecule has 0 saturated heterocycles. The van der Waals surface area contributed by atoms with Crippen molar-refractivity contribution in [1.82, 2.24) is 10.6 Å². The molecule has 0 fully saturated rings. The summed E-state index contributed by atoms with van der Waals surface area (Å²) in [6.07, 6.45) is 0. The first-order valence-electron chi connectivity index (χ1n) is 8.25. The molecule has 0 bridgehead atoms. The summed E-state index contributed by atoms with van der Waals surface area (Å²) in [6, 6.07) is 12.1. The number of rotatable bonds is 8. The van der Waals surface area contributed by atoms with Gasteiger partial charge in [-0.3, -0.25) is 4.99 Å². The van der Waals surface area contributed by atoms with Gasteiger partial charge in [-0.1, -0.05) is 12.1 Å². The van der Waals surface area contributed by atoms with Gasteiger partial charge in [0.2, 0.25) is 0 Å². The quantitative estimate of drug-likeness (QED) is 0.545. The lowest BCUT2D eigenvalue weighted by Gasteiger charge is -2.15. The van der Waals surface area contributed by atoms with Gasteiger partial charge in [0.05, 0.1) is 14.2 Å². The second kappa shape index (κ2) is 10.2. The van der Waals surface area contributed by atoms with E-state index in [1.807, 2.05) is 24.3 Å². The molecule has 0 aliphatic rings. The SMILES string of the molecule is CN=C(NCc1cccc(OC(F)F)c1)NCc1ccc(OC)cc1OC. The van der Waals surface area contributed by atoms with E-state index in [4.69, 9.17) is 9.47 Å². The molecule has 0 saturated carbocycles. The summed E-state index contributed by atoms with van der Waals surface area (Å²) >= 11 is 0. The third-order valence-electron chi connectivity index (χ3n) is 3.75. The fourth-order valence-electron chi connectivity index (χ4n) is 2.41. The van der Waals surface area contributed by atoms with Crippen LogP contribution >= 0.6 is 0 Å². The molecule has 0 unspecified atom stereocenters. The number of hydrogen-bond acceptors (Lipinski definition) is 4. The van der Waals surface area contributed by atoms with E-state index in [-0.39, 0.29) is 5.75 Å². The van der Waals surface area contributed by atoms with Crippen molar-refractivity contribution in [3.63, 3.8) is 0 Å². The van der Waals surface area contributed by atoms with Crippen molar-refractivity contribution in [1.29, 1.82) is 0 Å². The summed E-state index contributed by atoms with van der Waals surface area (Å²) in [5.41, 5.74) is 1.73. The topological polar surface area (TPSA) is 64.1 Å². The standard InChI is InChI=1S/C19H23F2N3O3/c1-22-19(23-11-13-5-4-6-16(9-13)27-18(20)21)24-12-14-7-8-15(25-2)10-17(14)26-3/h4-10,18H,11-12H2,1-3H3,(H2,22,23,24). The molecule has 0 radical (unpaired) electrons. The van der Waals surface area contributed by atoms with Gasteiger partial charge in [0, 0.05) is 31.8 Å². The molecule has 0 aromatic heterocycles. The molecule has 2 N–H and O–H groups in total. The molecular formula is C19H23F2N3O3. The van der Waals surface area contributed by atoms with Gasteiger partial charge in [-0.2, -0.15) is 8.78 Å². The molecule has 0 aliphatic heterocycles. The molecule has 2 rings (SSSR count). The van der Waals surface area contributed by atoms with Crippen LogP contribution in [0.2, 0.25) is 0 Å². The van der Waals surface area contributed by atoms with Crippen molar-refractivity contribution in [3.05, 3.63) is 53.6 Å². The van der Waals surface area contributed by atoms with Crippen LogP contribution in [0.1, 0.15) is 11.1 Å². The van der Waals surface area contributed by atoms with E-state index in [1.54, 1.807) is 33.4 Å². The van der Waals surface area contributed by atoms with Gasteiger partial charge in [0.1, 0.15) is 17.2 Å². The van der Waals surface area contributed by atoms with Crippen LogP contribution in [-0.4, -0.2) is 33.8 Å². The van der Waals surface area contributed by atoms with Gasteiger partial charge in [-0.25, -0.2) is 0 Å². The Bertz CT molecular complexity index is 770. The van der Waals surface area contributed by atoms with Crippen molar-refractivity contribution in [2.24, 2.45) is 4.99 Å². The van der Waals surface area contributed by atoms with Crippen molar-refractivity contribution < 1.29 is 23.0 Å². The van der Waals surface area contributed by atoms with E-state index in [1.165, 1.54) is 6.07 Å². The van der Waals surface area contributed by atoms with Gasteiger partial charge < -0.3 is 24.8 Å². The van der Waals surface area contributed by atoms with Crippen LogP contribution in [0.25, 0.3) is 0 Å². The first kappa shape index (κ1) is 20.3. The number of aliphatic imine (C=N–C) groups is 1. The highest BCUT2D eigenvalue weighted by Gasteiger charge is 2.07. The summed E-state index contributed by atoms with van der Waals surface area (Å²) in [4.78, 5) is 4.16. The summed E-state index contributed by atoms with van der Waals surface area (Å²) in [5, 5.41) is 6.31. The second-order valence-corrected chi connectivity index (χ2v) is 5.48. The fraction of sp³-hybridized carbons (Fsp3) is 0.316. The van der Waals surface area contributed by atoms with E-state index >= 15 is 0 Å². The molecule has 2 aromatic rings. The van der Waals surface area contributed by atoms with Gasteiger partial charge in [0.15, 0.2) is 5.96 Å². The van der Waals surface area contributed by atoms with Crippen LogP contribution in [0.3, 0.4) is 0 Å². The molecule has 0 spiro atoms. The lowest BCUT2D eigenvalue weighted by atomic mass is 10.2. The van der Waals surface area contributed by atoms with Crippen molar-refractivity contribution in [3.8, 4) is 17.2 Å². The number of nitrogens with zero attached hydrogens (tertiary/aromatic N) is 1. The number of ether oxygens (including phenoxy) is 3. The number of alkyl halides is 2. The summed E-state index contributed by atoms with van der Waals surface area (Å²) in [7, 11) is 4.84. The van der Waals surface area contributed by atoms with Crippen molar-refractivity contribution >= 4 is 5.96 Å². The van der Waals surface area contributed by atoms with Crippen LogP contribution < -0.4 is 24.8 Å². The lowest BCUT2D eigenvalue weighted by molar-refractivity contribution is -0.0498. The molecule has 27 heavy (non-hydrogen) atoms. The number of methoxy groups -OCH3 is 2. The first-order chi connectivity index (χ1) is 13.0. The molecule has 2 aromatic carbocycles. The minimum absolute atomic E-state index is 0.121. The molecule has 6 nitrogen and oxygen atoms in total. The number of halogens is 2. The van der Waals surface area contributed by atoms with E-state index in [0.717, 1.165) is 11.1 Å². The van der Waals surface area contributed by atoms with Crippen LogP contribution in [0, 0.1) is 0 Å². The Balaban J connectivity index is 1.93. The van der Waals surface area contributed by atoms with E-state index in [0.29, 0.717) is 30.5 Å². The van der Waals surface area contributed by atoms with Crippen LogP contribution in [0.5, 0.6) is 17.2 Å². The number of benzene rings is 2. The summed E-state index contributed by atoms with van der Waals surface area (Å²) < 4.78 is 39.6. The Labute approximate surface area is 157 Å². The maximum atomic E-state index is 12.3. The maximum Gasteiger partial charge on any atom is 0.387 e. The Morgan fingerprint density at radius 3 is 2.44 bits per heavy atom. The zero-order chi connectivity index (χ0) is 19.6. The first-order valence-corrected chi connectivity index (χ1v) is 8.25. The Morgan fingerprint density at radius 2 is 1.78 bits per heavy atom. The van der Waals surface area contributed by atoms with Crippen LogP contribution in [0.4, 0.5) is 8.78 Å². The minimum atomic E-state index is -2.85. The Kier molecular flexibility index (Phi) is 7.66. The van der Waals surface area contributed by atoms with Crippen molar-refractivity contribution in [2.45, 2.75) is 19.7 Å². The van der Waals surface area contributed by atoms with E-state index < -0.39 is 6.61 Å².